The van der Waals surface area contributed by atoms with E-state index in [9.17, 15) is 4.39 Å². The van der Waals surface area contributed by atoms with Gasteiger partial charge in [-0.3, -0.25) is 0 Å². The molecule has 1 unspecified atom stereocenters. The van der Waals surface area contributed by atoms with E-state index >= 15 is 0 Å². The van der Waals surface area contributed by atoms with E-state index < -0.39 is 0 Å². The smallest absolute Gasteiger partial charge is 0.124 e. The number of ether oxygens (including phenoxy) is 3. The van der Waals surface area contributed by atoms with Crippen LogP contribution < -0.4 is 19.9 Å². The number of benzene rings is 2. The first-order chi connectivity index (χ1) is 10.1. The topological polar surface area (TPSA) is 53.7 Å². The molecule has 2 N–H and O–H groups in total. The molecule has 1 atom stereocenters. The second-order valence-corrected chi connectivity index (χ2v) is 4.48. The molecule has 0 aliphatic rings. The number of rotatable bonds is 6. The standard InChI is InChI=1S/C16H18FNO3/c1-19-13-7-8-16(20-2)14(9-13)15(18)10-21-12-5-3-11(17)4-6-12/h3-9,15H,10,18H2,1-2H3. The molecule has 0 fully saturated rings. The van der Waals surface area contributed by atoms with E-state index in [1.54, 1.807) is 38.5 Å². The third-order valence-electron chi connectivity index (χ3n) is 3.08. The normalized spacial score (nSPS) is 11.8. The first-order valence-electron chi connectivity index (χ1n) is 6.50. The maximum atomic E-state index is 12.8. The minimum absolute atomic E-state index is 0.245. The average molecular weight is 291 g/mol. The van der Waals surface area contributed by atoms with Gasteiger partial charge in [0.2, 0.25) is 0 Å². The van der Waals surface area contributed by atoms with E-state index in [1.165, 1.54) is 12.1 Å². The largest absolute Gasteiger partial charge is 0.497 e. The summed E-state index contributed by atoms with van der Waals surface area (Å²) in [6, 6.07) is 10.8. The van der Waals surface area contributed by atoms with Gasteiger partial charge in [0.1, 0.15) is 29.7 Å². The van der Waals surface area contributed by atoms with Gasteiger partial charge in [-0.05, 0) is 42.5 Å². The number of hydrogen-bond donors (Lipinski definition) is 1. The van der Waals surface area contributed by atoms with Gasteiger partial charge in [-0.1, -0.05) is 0 Å². The summed E-state index contributed by atoms with van der Waals surface area (Å²) in [6.45, 7) is 0.245. The number of nitrogens with two attached hydrogens (primary N) is 1. The second kappa shape index (κ2) is 6.95. The zero-order valence-electron chi connectivity index (χ0n) is 12.0. The van der Waals surface area contributed by atoms with Crippen LogP contribution in [0.25, 0.3) is 0 Å². The summed E-state index contributed by atoms with van der Waals surface area (Å²) in [7, 11) is 3.17. The molecular formula is C16H18FNO3. The Morgan fingerprint density at radius 1 is 1.00 bits per heavy atom. The molecular weight excluding hydrogens is 273 g/mol. The molecule has 2 aromatic rings. The lowest BCUT2D eigenvalue weighted by atomic mass is 10.1. The summed E-state index contributed by atoms with van der Waals surface area (Å²) in [4.78, 5) is 0. The van der Waals surface area contributed by atoms with Gasteiger partial charge in [0.15, 0.2) is 0 Å². The maximum absolute atomic E-state index is 12.8. The molecule has 5 heteroatoms. The van der Waals surface area contributed by atoms with Gasteiger partial charge in [-0.2, -0.15) is 0 Å². The minimum Gasteiger partial charge on any atom is -0.497 e. The fourth-order valence-corrected chi connectivity index (χ4v) is 1.94. The Morgan fingerprint density at radius 3 is 2.29 bits per heavy atom. The molecule has 21 heavy (non-hydrogen) atoms. The highest BCUT2D eigenvalue weighted by Gasteiger charge is 2.14. The second-order valence-electron chi connectivity index (χ2n) is 4.48. The van der Waals surface area contributed by atoms with Crippen molar-refractivity contribution in [2.45, 2.75) is 6.04 Å². The van der Waals surface area contributed by atoms with Gasteiger partial charge < -0.3 is 19.9 Å². The zero-order chi connectivity index (χ0) is 15.2. The fraction of sp³-hybridized carbons (Fsp3) is 0.250. The lowest BCUT2D eigenvalue weighted by molar-refractivity contribution is 0.285. The van der Waals surface area contributed by atoms with Crippen LogP contribution in [-0.2, 0) is 0 Å². The van der Waals surface area contributed by atoms with Crippen molar-refractivity contribution in [1.82, 2.24) is 0 Å². The van der Waals surface area contributed by atoms with Crippen LogP contribution in [0, 0.1) is 5.82 Å². The molecule has 0 aliphatic carbocycles. The molecule has 0 heterocycles. The van der Waals surface area contributed by atoms with Crippen LogP contribution in [0.15, 0.2) is 42.5 Å². The van der Waals surface area contributed by atoms with Crippen LogP contribution in [-0.4, -0.2) is 20.8 Å². The Balaban J connectivity index is 2.08. The van der Waals surface area contributed by atoms with Crippen molar-refractivity contribution in [3.63, 3.8) is 0 Å². The molecule has 0 saturated heterocycles. The molecule has 0 radical (unpaired) electrons. The number of methoxy groups -OCH3 is 2. The summed E-state index contributed by atoms with van der Waals surface area (Å²) in [5.41, 5.74) is 6.93. The van der Waals surface area contributed by atoms with Crippen LogP contribution >= 0.6 is 0 Å². The summed E-state index contributed by atoms with van der Waals surface area (Å²) < 4.78 is 28.9. The zero-order valence-corrected chi connectivity index (χ0v) is 12.0. The van der Waals surface area contributed by atoms with Crippen LogP contribution in [0.1, 0.15) is 11.6 Å². The Kier molecular flexibility index (Phi) is 5.00. The van der Waals surface area contributed by atoms with E-state index in [2.05, 4.69) is 0 Å². The maximum Gasteiger partial charge on any atom is 0.124 e. The fourth-order valence-electron chi connectivity index (χ4n) is 1.94. The van der Waals surface area contributed by atoms with Crippen molar-refractivity contribution in [1.29, 1.82) is 0 Å². The Bertz CT molecular complexity index is 587. The summed E-state index contributed by atoms with van der Waals surface area (Å²) in [6.07, 6.45) is 0. The highest BCUT2D eigenvalue weighted by Crippen LogP contribution is 2.28. The molecule has 0 aromatic heterocycles. The van der Waals surface area contributed by atoms with Crippen molar-refractivity contribution >= 4 is 0 Å². The third kappa shape index (κ3) is 3.86. The first-order valence-corrected chi connectivity index (χ1v) is 6.50. The molecule has 0 spiro atoms. The summed E-state index contributed by atoms with van der Waals surface area (Å²) in [5, 5.41) is 0. The summed E-state index contributed by atoms with van der Waals surface area (Å²) in [5.74, 6) is 1.63. The molecule has 0 amide bonds. The van der Waals surface area contributed by atoms with Gasteiger partial charge in [0, 0.05) is 5.56 Å². The lowest BCUT2D eigenvalue weighted by Crippen LogP contribution is -2.19. The monoisotopic (exact) mass is 291 g/mol. The predicted octanol–water partition coefficient (Wildman–Crippen LogP) is 2.92. The van der Waals surface area contributed by atoms with Crippen molar-refractivity contribution in [2.24, 2.45) is 5.73 Å². The van der Waals surface area contributed by atoms with Crippen molar-refractivity contribution < 1.29 is 18.6 Å². The highest BCUT2D eigenvalue weighted by atomic mass is 19.1. The van der Waals surface area contributed by atoms with Crippen molar-refractivity contribution in [3.8, 4) is 17.2 Å². The number of halogens is 1. The van der Waals surface area contributed by atoms with Crippen LogP contribution in [0.3, 0.4) is 0 Å². The predicted molar refractivity (Wildman–Crippen MR) is 78.4 cm³/mol. The van der Waals surface area contributed by atoms with Gasteiger partial charge in [-0.15, -0.1) is 0 Å². The van der Waals surface area contributed by atoms with Gasteiger partial charge in [-0.25, -0.2) is 4.39 Å². The van der Waals surface area contributed by atoms with Crippen molar-refractivity contribution in [2.75, 3.05) is 20.8 Å². The van der Waals surface area contributed by atoms with E-state index in [-0.39, 0.29) is 18.5 Å². The highest BCUT2D eigenvalue weighted by molar-refractivity contribution is 5.42. The third-order valence-corrected chi connectivity index (χ3v) is 3.08. The summed E-state index contributed by atoms with van der Waals surface area (Å²) >= 11 is 0. The minimum atomic E-state index is -0.389. The van der Waals surface area contributed by atoms with Crippen LogP contribution in [0.4, 0.5) is 4.39 Å². The van der Waals surface area contributed by atoms with Gasteiger partial charge in [0.25, 0.3) is 0 Å². The van der Waals surface area contributed by atoms with E-state index in [0.29, 0.717) is 17.2 Å². The molecule has 0 aliphatic heterocycles. The quantitative estimate of drug-likeness (QED) is 0.889. The number of hydrogen-bond acceptors (Lipinski definition) is 4. The Hall–Kier alpha value is -2.27. The average Bonchev–Trinajstić information content (AvgIpc) is 2.53. The molecule has 112 valence electrons. The van der Waals surface area contributed by atoms with E-state index in [4.69, 9.17) is 19.9 Å². The van der Waals surface area contributed by atoms with E-state index in [0.717, 1.165) is 5.56 Å². The van der Waals surface area contributed by atoms with E-state index in [1.807, 2.05) is 6.07 Å². The first kappa shape index (κ1) is 15.1. The molecule has 2 aromatic carbocycles. The molecule has 4 nitrogen and oxygen atoms in total. The molecule has 0 bridgehead atoms. The molecule has 0 saturated carbocycles. The van der Waals surface area contributed by atoms with Gasteiger partial charge in [0.05, 0.1) is 20.3 Å². The Morgan fingerprint density at radius 2 is 1.67 bits per heavy atom. The lowest BCUT2D eigenvalue weighted by Gasteiger charge is -2.17. The Labute approximate surface area is 123 Å². The van der Waals surface area contributed by atoms with Gasteiger partial charge >= 0.3 is 0 Å². The van der Waals surface area contributed by atoms with Crippen molar-refractivity contribution in [3.05, 3.63) is 53.8 Å². The SMILES string of the molecule is COc1ccc(OC)c(C(N)COc2ccc(F)cc2)c1. The molecule has 2 rings (SSSR count). The van der Waals surface area contributed by atoms with Crippen LogP contribution in [0.5, 0.6) is 17.2 Å². The van der Waals surface area contributed by atoms with Crippen LogP contribution in [0.2, 0.25) is 0 Å².